The Hall–Kier alpha value is -0.433. The molecule has 0 atom stereocenters. The van der Waals surface area contributed by atoms with Gasteiger partial charge in [-0.15, -0.1) is 0 Å². The van der Waals surface area contributed by atoms with E-state index in [1.165, 1.54) is 12.4 Å². The standard InChI is InChI=1S/2C3H10N2.C2HN3.H2N.2Ni/c2*4-2-1-3-5;3-1-5-2-4;;;/h2*1-5H2;5H;1H2;;/q;;;-1;;. The molecule has 0 amide bonds. The monoisotopic (exact) mass is 347 g/mol. The van der Waals surface area contributed by atoms with Gasteiger partial charge in [0.25, 0.3) is 0 Å². The van der Waals surface area contributed by atoms with Crippen LogP contribution in [0.15, 0.2) is 0 Å². The Morgan fingerprint density at radius 1 is 0.722 bits per heavy atom. The molecule has 0 bridgehead atoms. The van der Waals surface area contributed by atoms with Crippen molar-refractivity contribution in [3.8, 4) is 12.4 Å². The minimum atomic E-state index is 0. The van der Waals surface area contributed by atoms with Crippen LogP contribution in [-0.4, -0.2) is 26.2 Å². The van der Waals surface area contributed by atoms with Crippen molar-refractivity contribution in [2.45, 2.75) is 12.8 Å². The minimum Gasteiger partial charge on any atom is -0.693 e. The number of nitriles is 2. The quantitative estimate of drug-likeness (QED) is 0.239. The van der Waals surface area contributed by atoms with Gasteiger partial charge in [-0.25, -0.2) is 5.32 Å². The van der Waals surface area contributed by atoms with E-state index >= 15 is 0 Å². The van der Waals surface area contributed by atoms with Crippen molar-refractivity contribution in [3.05, 3.63) is 6.15 Å². The van der Waals surface area contributed by atoms with Gasteiger partial charge < -0.3 is 29.1 Å². The molecule has 116 valence electrons. The van der Waals surface area contributed by atoms with Gasteiger partial charge in [-0.05, 0) is 39.0 Å². The van der Waals surface area contributed by atoms with Crippen LogP contribution in [0, 0.1) is 22.9 Å². The summed E-state index contributed by atoms with van der Waals surface area (Å²) >= 11 is 0. The zero-order chi connectivity index (χ0) is 12.4. The fourth-order valence-corrected chi connectivity index (χ4v) is 0.261. The van der Waals surface area contributed by atoms with E-state index in [9.17, 15) is 0 Å². The first-order valence-corrected chi connectivity index (χ1v) is 4.58. The van der Waals surface area contributed by atoms with Crippen molar-refractivity contribution in [2.24, 2.45) is 22.9 Å². The molecule has 0 spiro atoms. The third-order valence-corrected chi connectivity index (χ3v) is 0.928. The van der Waals surface area contributed by atoms with Crippen LogP contribution in [0.4, 0.5) is 0 Å². The molecule has 18 heavy (non-hydrogen) atoms. The Morgan fingerprint density at radius 3 is 0.944 bits per heavy atom. The van der Waals surface area contributed by atoms with E-state index in [0.717, 1.165) is 39.0 Å². The van der Waals surface area contributed by atoms with Gasteiger partial charge in [0.1, 0.15) is 0 Å². The molecule has 0 aromatic heterocycles. The molecule has 0 aliphatic heterocycles. The largest absolute Gasteiger partial charge is 0.693 e. The van der Waals surface area contributed by atoms with Gasteiger partial charge in [0.2, 0.25) is 0 Å². The van der Waals surface area contributed by atoms with E-state index in [2.05, 4.69) is 0 Å². The molecule has 0 saturated heterocycles. The maximum absolute atomic E-state index is 7.48. The molecule has 0 saturated carbocycles. The SMILES string of the molecule is N#CNC#N.NCCCN.NCCCN.[NH2-].[Ni].[Ni]. The molecule has 0 unspecified atom stereocenters. The molecule has 0 aromatic rings. The number of rotatable bonds is 4. The summed E-state index contributed by atoms with van der Waals surface area (Å²) in [6.45, 7) is 2.88. The molecular formula is C8H23N8Ni2-. The van der Waals surface area contributed by atoms with Crippen molar-refractivity contribution >= 4 is 0 Å². The zero-order valence-corrected chi connectivity index (χ0v) is 12.1. The minimum absolute atomic E-state index is 0. The van der Waals surface area contributed by atoms with Crippen LogP contribution in [0.2, 0.25) is 0 Å². The van der Waals surface area contributed by atoms with Crippen LogP contribution in [0.3, 0.4) is 0 Å². The summed E-state index contributed by atoms with van der Waals surface area (Å²) in [7, 11) is 0. The van der Waals surface area contributed by atoms with Crippen LogP contribution in [0.25, 0.3) is 6.15 Å². The maximum atomic E-state index is 7.48. The third kappa shape index (κ3) is 107. The smallest absolute Gasteiger partial charge is 0.190 e. The van der Waals surface area contributed by atoms with E-state index in [1.54, 1.807) is 5.32 Å². The van der Waals surface area contributed by atoms with E-state index in [1.807, 2.05) is 0 Å². The summed E-state index contributed by atoms with van der Waals surface area (Å²) in [5.74, 6) is 0. The van der Waals surface area contributed by atoms with Gasteiger partial charge in [0, 0.05) is 33.0 Å². The molecule has 0 aliphatic carbocycles. The molecule has 0 aromatic carbocycles. The summed E-state index contributed by atoms with van der Waals surface area (Å²) in [6.07, 6.45) is 4.70. The van der Waals surface area contributed by atoms with Crippen LogP contribution in [0.1, 0.15) is 12.8 Å². The number of nitrogens with one attached hydrogen (secondary N) is 1. The van der Waals surface area contributed by atoms with E-state index < -0.39 is 0 Å². The topological polar surface area (TPSA) is 197 Å². The van der Waals surface area contributed by atoms with Crippen LogP contribution >= 0.6 is 0 Å². The first kappa shape index (κ1) is 36.0. The Morgan fingerprint density at radius 2 is 0.944 bits per heavy atom. The Bertz CT molecular complexity index is 145. The summed E-state index contributed by atoms with van der Waals surface area (Å²) in [6, 6.07) is 0. The normalized spacial score (nSPS) is 5.67. The van der Waals surface area contributed by atoms with Gasteiger partial charge in [-0.3, -0.25) is 0 Å². The molecule has 0 fully saturated rings. The first-order valence-electron chi connectivity index (χ1n) is 4.58. The van der Waals surface area contributed by atoms with E-state index in [-0.39, 0.29) is 39.1 Å². The van der Waals surface area contributed by atoms with Crippen molar-refractivity contribution in [1.29, 1.82) is 10.5 Å². The summed E-state index contributed by atoms with van der Waals surface area (Å²) in [4.78, 5) is 0. The molecule has 0 aliphatic rings. The molecular weight excluding hydrogens is 326 g/mol. The summed E-state index contributed by atoms with van der Waals surface area (Å²) < 4.78 is 0. The maximum Gasteiger partial charge on any atom is 0.190 e. The van der Waals surface area contributed by atoms with Gasteiger partial charge >= 0.3 is 0 Å². The molecule has 11 N–H and O–H groups in total. The number of hydrogen-bond donors (Lipinski definition) is 5. The van der Waals surface area contributed by atoms with Gasteiger partial charge in [0.05, 0.1) is 0 Å². The van der Waals surface area contributed by atoms with Gasteiger partial charge in [0.15, 0.2) is 12.4 Å². The Labute approximate surface area is 129 Å². The Kier molecular flexibility index (Phi) is 110. The zero-order valence-electron chi connectivity index (χ0n) is 10.2. The van der Waals surface area contributed by atoms with Crippen LogP contribution in [-0.2, 0) is 33.0 Å². The van der Waals surface area contributed by atoms with E-state index in [4.69, 9.17) is 33.5 Å². The predicted octanol–water partition coefficient (Wildman–Crippen LogP) is -1.16. The fourth-order valence-electron chi connectivity index (χ4n) is 0.261. The second-order valence-corrected chi connectivity index (χ2v) is 2.21. The van der Waals surface area contributed by atoms with Crippen LogP contribution < -0.4 is 28.3 Å². The molecule has 0 radical (unpaired) electrons. The fraction of sp³-hybridized carbons (Fsp3) is 0.750. The van der Waals surface area contributed by atoms with Gasteiger partial charge in [-0.1, -0.05) is 0 Å². The number of nitrogens with two attached hydrogens (primary N) is 5. The van der Waals surface area contributed by atoms with Crippen LogP contribution in [0.5, 0.6) is 0 Å². The molecule has 0 rings (SSSR count). The number of nitrogens with zero attached hydrogens (tertiary/aromatic N) is 2. The van der Waals surface area contributed by atoms with E-state index in [0.29, 0.717) is 0 Å². The Balaban J connectivity index is -0.0000000277. The summed E-state index contributed by atoms with van der Waals surface area (Å²) in [5.41, 5.74) is 20.2. The third-order valence-electron chi connectivity index (χ3n) is 0.928. The molecule has 8 nitrogen and oxygen atoms in total. The van der Waals surface area contributed by atoms with Crippen molar-refractivity contribution < 1.29 is 33.0 Å². The molecule has 0 heterocycles. The predicted molar refractivity (Wildman–Crippen MR) is 65.1 cm³/mol. The number of hydrogen-bond acceptors (Lipinski definition) is 7. The average molecular weight is 349 g/mol. The average Bonchev–Trinajstić information content (AvgIpc) is 2.23. The van der Waals surface area contributed by atoms with Crippen molar-refractivity contribution in [3.63, 3.8) is 0 Å². The summed E-state index contributed by atoms with van der Waals surface area (Å²) in [5, 5.41) is 16.7. The second-order valence-electron chi connectivity index (χ2n) is 2.21. The first-order chi connectivity index (χ1) is 7.24. The second kappa shape index (κ2) is 54.7. The molecule has 10 heteroatoms. The van der Waals surface area contributed by atoms with Crippen molar-refractivity contribution in [2.75, 3.05) is 26.2 Å². The van der Waals surface area contributed by atoms with Gasteiger partial charge in [-0.2, -0.15) is 10.5 Å². The van der Waals surface area contributed by atoms with Crippen molar-refractivity contribution in [1.82, 2.24) is 5.32 Å².